The number of thioether (sulfide) groups is 1. The van der Waals surface area contributed by atoms with Crippen molar-refractivity contribution in [1.29, 1.82) is 0 Å². The number of nitrogens with zero attached hydrogens (tertiary/aromatic N) is 3. The number of rotatable bonds is 8. The Kier molecular flexibility index (Phi) is 7.64. The van der Waals surface area contributed by atoms with Gasteiger partial charge in [0.05, 0.1) is 33.8 Å². The highest BCUT2D eigenvalue weighted by Crippen LogP contribution is 2.31. The van der Waals surface area contributed by atoms with Crippen LogP contribution in [-0.4, -0.2) is 31.9 Å². The smallest absolute Gasteiger partial charge is 0.295 e. The lowest BCUT2D eigenvalue weighted by Gasteiger charge is -2.08. The van der Waals surface area contributed by atoms with Gasteiger partial charge in [-0.2, -0.15) is 0 Å². The molecule has 210 valence electrons. The first-order valence-corrected chi connectivity index (χ1v) is 15.1. The van der Waals surface area contributed by atoms with Crippen LogP contribution in [0.5, 0.6) is 0 Å². The van der Waals surface area contributed by atoms with E-state index in [1.807, 2.05) is 91.0 Å². The Labute approximate surface area is 250 Å². The van der Waals surface area contributed by atoms with Crippen LogP contribution in [0.2, 0.25) is 0 Å². The molecular weight excluding hydrogens is 567 g/mol. The molecule has 2 N–H and O–H groups in total. The molecule has 0 aliphatic heterocycles. The molecule has 42 heavy (non-hydrogen) atoms. The molecule has 0 unspecified atom stereocenters. The number of fused-ring (bicyclic) bond motifs is 2. The van der Waals surface area contributed by atoms with Crippen molar-refractivity contribution < 1.29 is 9.59 Å². The maximum absolute atomic E-state index is 13.1. The minimum Gasteiger partial charge on any atom is -0.326 e. The largest absolute Gasteiger partial charge is 0.326 e. The van der Waals surface area contributed by atoms with Crippen LogP contribution in [0.3, 0.4) is 0 Å². The van der Waals surface area contributed by atoms with Gasteiger partial charge in [-0.05, 0) is 53.6 Å². The van der Waals surface area contributed by atoms with Gasteiger partial charge in [0.25, 0.3) is 5.56 Å². The average Bonchev–Trinajstić information content (AvgIpc) is 3.50. The third-order valence-corrected chi connectivity index (χ3v) is 9.19. The van der Waals surface area contributed by atoms with Gasteiger partial charge in [0.15, 0.2) is 4.34 Å². The van der Waals surface area contributed by atoms with Crippen molar-refractivity contribution in [2.24, 2.45) is 7.05 Å². The molecule has 0 atom stereocenters. The minimum absolute atomic E-state index is 0.0935. The Balaban J connectivity index is 1.10. The van der Waals surface area contributed by atoms with Crippen LogP contribution in [0, 0.1) is 6.92 Å². The van der Waals surface area contributed by atoms with Crippen molar-refractivity contribution in [2.75, 3.05) is 16.4 Å². The summed E-state index contributed by atoms with van der Waals surface area (Å²) in [6.07, 6.45) is 0.273. The SMILES string of the molecule is Cc1c(NC(=O)CSc2nc3ccc(NC(=O)Cc4cccc5ccccc45)cc3s2)c(=O)n(-c2ccccc2)n1C. The van der Waals surface area contributed by atoms with Crippen molar-refractivity contribution in [3.63, 3.8) is 0 Å². The average molecular weight is 594 g/mol. The van der Waals surface area contributed by atoms with E-state index in [1.54, 1.807) is 18.7 Å². The number of thiazole rings is 1. The number of carbonyl (C=O) groups excluding carboxylic acids is 2. The maximum Gasteiger partial charge on any atom is 0.295 e. The van der Waals surface area contributed by atoms with Gasteiger partial charge < -0.3 is 10.6 Å². The highest BCUT2D eigenvalue weighted by molar-refractivity contribution is 8.01. The quantitative estimate of drug-likeness (QED) is 0.206. The number of para-hydroxylation sites is 1. The first-order chi connectivity index (χ1) is 20.4. The molecule has 4 aromatic carbocycles. The summed E-state index contributed by atoms with van der Waals surface area (Å²) in [6, 6.07) is 28.9. The number of amides is 2. The van der Waals surface area contributed by atoms with E-state index in [4.69, 9.17) is 0 Å². The fraction of sp³-hybridized carbons (Fsp3) is 0.125. The highest BCUT2D eigenvalue weighted by Gasteiger charge is 2.19. The molecule has 0 fully saturated rings. The number of benzene rings is 4. The van der Waals surface area contributed by atoms with Crippen molar-refractivity contribution in [2.45, 2.75) is 17.7 Å². The molecule has 0 saturated carbocycles. The third-order valence-electron chi connectivity index (χ3n) is 7.03. The van der Waals surface area contributed by atoms with Gasteiger partial charge in [0, 0.05) is 12.7 Å². The molecule has 0 saturated heterocycles. The van der Waals surface area contributed by atoms with Gasteiger partial charge in [-0.1, -0.05) is 72.4 Å². The number of hydrogen-bond acceptors (Lipinski definition) is 6. The molecule has 8 nitrogen and oxygen atoms in total. The molecule has 0 spiro atoms. The first kappa shape index (κ1) is 27.5. The predicted molar refractivity (Wildman–Crippen MR) is 171 cm³/mol. The normalized spacial score (nSPS) is 11.2. The summed E-state index contributed by atoms with van der Waals surface area (Å²) in [5.74, 6) is -0.274. The Hall–Kier alpha value is -4.67. The van der Waals surface area contributed by atoms with Gasteiger partial charge >= 0.3 is 0 Å². The molecule has 2 aromatic heterocycles. The molecule has 6 rings (SSSR count). The zero-order chi connectivity index (χ0) is 29.2. The van der Waals surface area contributed by atoms with Gasteiger partial charge in [0.2, 0.25) is 11.8 Å². The molecule has 2 amide bonds. The van der Waals surface area contributed by atoms with E-state index < -0.39 is 0 Å². The third kappa shape index (κ3) is 5.59. The van der Waals surface area contributed by atoms with Crippen LogP contribution in [0.15, 0.2) is 100 Å². The van der Waals surface area contributed by atoms with Crippen LogP contribution in [0.1, 0.15) is 11.3 Å². The maximum atomic E-state index is 13.1. The van der Waals surface area contributed by atoms with Crippen LogP contribution in [0.4, 0.5) is 11.4 Å². The van der Waals surface area contributed by atoms with Gasteiger partial charge in [-0.15, -0.1) is 11.3 Å². The summed E-state index contributed by atoms with van der Waals surface area (Å²) in [4.78, 5) is 43.4. The van der Waals surface area contributed by atoms with E-state index in [2.05, 4.69) is 15.6 Å². The second-order valence-corrected chi connectivity index (χ2v) is 12.1. The monoisotopic (exact) mass is 593 g/mol. The summed E-state index contributed by atoms with van der Waals surface area (Å²) < 4.78 is 4.90. The summed E-state index contributed by atoms with van der Waals surface area (Å²) in [6.45, 7) is 1.80. The molecule has 10 heteroatoms. The predicted octanol–water partition coefficient (Wildman–Crippen LogP) is 6.16. The second kappa shape index (κ2) is 11.7. The van der Waals surface area contributed by atoms with E-state index in [0.717, 1.165) is 36.6 Å². The molecule has 0 bridgehead atoms. The number of aromatic nitrogens is 3. The lowest BCUT2D eigenvalue weighted by Crippen LogP contribution is -2.23. The van der Waals surface area contributed by atoms with Crippen molar-refractivity contribution in [1.82, 2.24) is 14.3 Å². The molecule has 0 radical (unpaired) electrons. The highest BCUT2D eigenvalue weighted by atomic mass is 32.2. The van der Waals surface area contributed by atoms with E-state index >= 15 is 0 Å². The van der Waals surface area contributed by atoms with Crippen LogP contribution in [-0.2, 0) is 23.1 Å². The number of nitrogens with one attached hydrogen (secondary N) is 2. The minimum atomic E-state index is -0.286. The second-order valence-electron chi connectivity index (χ2n) is 9.80. The summed E-state index contributed by atoms with van der Waals surface area (Å²) in [5, 5.41) is 7.97. The molecule has 0 aliphatic carbocycles. The fourth-order valence-electron chi connectivity index (χ4n) is 4.88. The van der Waals surface area contributed by atoms with E-state index in [1.165, 1.54) is 27.8 Å². The van der Waals surface area contributed by atoms with E-state index in [-0.39, 0.29) is 35.2 Å². The fourth-order valence-corrected chi connectivity index (χ4v) is 6.79. The zero-order valence-electron chi connectivity index (χ0n) is 23.0. The number of anilines is 2. The molecule has 0 aliphatic rings. The number of hydrogen-bond donors (Lipinski definition) is 2. The number of carbonyl (C=O) groups is 2. The Morgan fingerprint density at radius 3 is 2.50 bits per heavy atom. The first-order valence-electron chi connectivity index (χ1n) is 13.3. The summed E-state index contributed by atoms with van der Waals surface area (Å²) in [7, 11) is 1.79. The van der Waals surface area contributed by atoms with Crippen molar-refractivity contribution in [3.8, 4) is 5.69 Å². The summed E-state index contributed by atoms with van der Waals surface area (Å²) >= 11 is 2.76. The van der Waals surface area contributed by atoms with Gasteiger partial charge in [-0.3, -0.25) is 19.1 Å². The van der Waals surface area contributed by atoms with Crippen LogP contribution in [0.25, 0.3) is 26.7 Å². The summed E-state index contributed by atoms with van der Waals surface area (Å²) in [5.41, 5.74) is 3.83. The zero-order valence-corrected chi connectivity index (χ0v) is 24.6. The lowest BCUT2D eigenvalue weighted by atomic mass is 10.0. The van der Waals surface area contributed by atoms with Crippen molar-refractivity contribution in [3.05, 3.63) is 113 Å². The Bertz CT molecular complexity index is 2000. The van der Waals surface area contributed by atoms with Crippen LogP contribution < -0.4 is 16.2 Å². The van der Waals surface area contributed by atoms with E-state index in [0.29, 0.717) is 11.4 Å². The van der Waals surface area contributed by atoms with E-state index in [9.17, 15) is 14.4 Å². The van der Waals surface area contributed by atoms with Crippen molar-refractivity contribution >= 4 is 67.3 Å². The van der Waals surface area contributed by atoms with Crippen LogP contribution >= 0.6 is 23.1 Å². The molecule has 2 heterocycles. The lowest BCUT2D eigenvalue weighted by molar-refractivity contribution is -0.115. The molecule has 6 aromatic rings. The van der Waals surface area contributed by atoms with Gasteiger partial charge in [-0.25, -0.2) is 9.67 Å². The Morgan fingerprint density at radius 2 is 1.67 bits per heavy atom. The molecular formula is C32H27N5O3S2. The Morgan fingerprint density at radius 1 is 0.905 bits per heavy atom. The standard InChI is InChI=1S/C32H27N5O3S2/c1-20-30(31(40)37(36(20)2)24-12-4-3-5-13-24)35-29(39)19-41-32-34-26-16-15-23(18-27(26)42-32)33-28(38)17-22-11-8-10-21-9-6-7-14-25(21)22/h3-16,18H,17,19H2,1-2H3,(H,33,38)(H,35,39). The van der Waals surface area contributed by atoms with Gasteiger partial charge in [0.1, 0.15) is 5.69 Å². The topological polar surface area (TPSA) is 98.0 Å².